The van der Waals surface area contributed by atoms with Crippen molar-refractivity contribution in [2.75, 3.05) is 26.7 Å². The minimum absolute atomic E-state index is 0. The number of aliphatic imine (C=N–C) groups is 1. The Bertz CT molecular complexity index is 570. The van der Waals surface area contributed by atoms with Gasteiger partial charge in [0.1, 0.15) is 5.82 Å². The second kappa shape index (κ2) is 12.5. The van der Waals surface area contributed by atoms with Crippen LogP contribution in [0.25, 0.3) is 0 Å². The minimum atomic E-state index is -0.374. The molecule has 0 spiro atoms. The van der Waals surface area contributed by atoms with E-state index in [-0.39, 0.29) is 36.4 Å². The molecule has 1 unspecified atom stereocenters. The van der Waals surface area contributed by atoms with E-state index in [4.69, 9.17) is 5.11 Å². The number of aliphatic hydroxyl groups excluding tert-OH is 1. The van der Waals surface area contributed by atoms with Crippen molar-refractivity contribution < 1.29 is 9.50 Å². The van der Waals surface area contributed by atoms with Crippen molar-refractivity contribution in [3.63, 3.8) is 0 Å². The van der Waals surface area contributed by atoms with Gasteiger partial charge in [-0.2, -0.15) is 0 Å². The van der Waals surface area contributed by atoms with Crippen molar-refractivity contribution in [1.82, 2.24) is 15.5 Å². The number of aliphatic hydroxyl groups is 1. The lowest BCUT2D eigenvalue weighted by atomic mass is 10.0. The summed E-state index contributed by atoms with van der Waals surface area (Å²) in [4.78, 5) is 6.79. The molecule has 1 atom stereocenters. The predicted octanol–water partition coefficient (Wildman–Crippen LogP) is 2.87. The summed E-state index contributed by atoms with van der Waals surface area (Å²) >= 11 is 0. The van der Waals surface area contributed by atoms with E-state index in [0.717, 1.165) is 31.0 Å². The summed E-state index contributed by atoms with van der Waals surface area (Å²) in [5.41, 5.74) is 1.23. The van der Waals surface area contributed by atoms with E-state index in [0.29, 0.717) is 18.2 Å². The molecule has 1 aromatic carbocycles. The Morgan fingerprint density at radius 2 is 2.15 bits per heavy atom. The molecular formula is C19H32FIN4O. The Morgan fingerprint density at radius 1 is 1.35 bits per heavy atom. The molecule has 1 heterocycles. The first-order chi connectivity index (χ1) is 12.1. The van der Waals surface area contributed by atoms with Gasteiger partial charge in [0, 0.05) is 38.3 Å². The van der Waals surface area contributed by atoms with Gasteiger partial charge < -0.3 is 20.6 Å². The molecule has 148 valence electrons. The predicted molar refractivity (Wildman–Crippen MR) is 115 cm³/mol. The largest absolute Gasteiger partial charge is 0.392 e. The summed E-state index contributed by atoms with van der Waals surface area (Å²) in [6.07, 6.45) is 5.06. The normalized spacial score (nSPS) is 18.3. The Kier molecular flexibility index (Phi) is 11.1. The zero-order valence-corrected chi connectivity index (χ0v) is 18.1. The minimum Gasteiger partial charge on any atom is -0.392 e. The van der Waals surface area contributed by atoms with Crippen LogP contribution in [0.3, 0.4) is 0 Å². The molecule has 5 nitrogen and oxygen atoms in total. The van der Waals surface area contributed by atoms with Gasteiger partial charge in [0.25, 0.3) is 0 Å². The summed E-state index contributed by atoms with van der Waals surface area (Å²) in [5, 5.41) is 15.7. The highest BCUT2D eigenvalue weighted by Crippen LogP contribution is 2.16. The Hall–Kier alpha value is -0.930. The van der Waals surface area contributed by atoms with Crippen LogP contribution < -0.4 is 10.6 Å². The molecule has 3 N–H and O–H groups in total. The number of hydrogen-bond donors (Lipinski definition) is 3. The van der Waals surface area contributed by atoms with Crippen LogP contribution in [0, 0.1) is 5.82 Å². The fraction of sp³-hybridized carbons (Fsp3) is 0.632. The third kappa shape index (κ3) is 7.36. The summed E-state index contributed by atoms with van der Waals surface area (Å²) in [7, 11) is 1.74. The van der Waals surface area contributed by atoms with Crippen molar-refractivity contribution in [1.29, 1.82) is 0 Å². The van der Waals surface area contributed by atoms with Gasteiger partial charge in [-0.3, -0.25) is 4.99 Å². The van der Waals surface area contributed by atoms with Gasteiger partial charge in [-0.15, -0.1) is 24.0 Å². The molecule has 1 fully saturated rings. The second-order valence-electron chi connectivity index (χ2n) is 6.67. The van der Waals surface area contributed by atoms with Gasteiger partial charge in [0.2, 0.25) is 0 Å². The Morgan fingerprint density at radius 3 is 2.85 bits per heavy atom. The molecule has 0 radical (unpaired) electrons. The number of piperidine rings is 1. The molecule has 1 aromatic rings. The number of hydrogen-bond acceptors (Lipinski definition) is 3. The molecule has 0 amide bonds. The number of likely N-dealkylation sites (tertiary alicyclic amines) is 1. The molecule has 0 bridgehead atoms. The van der Waals surface area contributed by atoms with Gasteiger partial charge in [-0.25, -0.2) is 4.39 Å². The maximum absolute atomic E-state index is 13.4. The monoisotopic (exact) mass is 478 g/mol. The first-order valence-corrected chi connectivity index (χ1v) is 9.20. The average Bonchev–Trinajstić information content (AvgIpc) is 2.63. The summed E-state index contributed by atoms with van der Waals surface area (Å²) in [6.45, 7) is 5.76. The van der Waals surface area contributed by atoms with E-state index in [1.54, 1.807) is 19.2 Å². The van der Waals surface area contributed by atoms with Crippen molar-refractivity contribution in [2.45, 2.75) is 51.8 Å². The van der Waals surface area contributed by atoms with Gasteiger partial charge in [0.05, 0.1) is 6.61 Å². The van der Waals surface area contributed by atoms with E-state index in [1.165, 1.54) is 31.9 Å². The highest BCUT2D eigenvalue weighted by Gasteiger charge is 2.17. The van der Waals surface area contributed by atoms with Crippen LogP contribution in [0.5, 0.6) is 0 Å². The molecule has 7 heteroatoms. The summed E-state index contributed by atoms with van der Waals surface area (Å²) < 4.78 is 13.4. The van der Waals surface area contributed by atoms with E-state index in [1.807, 2.05) is 0 Å². The summed E-state index contributed by atoms with van der Waals surface area (Å²) in [5.74, 6) is 0.363. The van der Waals surface area contributed by atoms with Crippen LogP contribution in [0.2, 0.25) is 0 Å². The second-order valence-corrected chi connectivity index (χ2v) is 6.67. The maximum atomic E-state index is 13.4. The van der Waals surface area contributed by atoms with Crippen molar-refractivity contribution in [3.05, 3.63) is 35.1 Å². The lowest BCUT2D eigenvalue weighted by Gasteiger charge is -2.33. The highest BCUT2D eigenvalue weighted by molar-refractivity contribution is 14.0. The number of rotatable bonds is 7. The number of guanidine groups is 1. The Labute approximate surface area is 173 Å². The molecule has 0 saturated carbocycles. The van der Waals surface area contributed by atoms with Crippen LogP contribution in [0.1, 0.15) is 43.7 Å². The van der Waals surface area contributed by atoms with Crippen LogP contribution >= 0.6 is 24.0 Å². The summed E-state index contributed by atoms with van der Waals surface area (Å²) in [6, 6.07) is 5.48. The number of nitrogens with one attached hydrogen (secondary N) is 2. The van der Waals surface area contributed by atoms with Gasteiger partial charge in [-0.1, -0.05) is 12.5 Å². The van der Waals surface area contributed by atoms with E-state index >= 15 is 0 Å². The first-order valence-electron chi connectivity index (χ1n) is 9.20. The maximum Gasteiger partial charge on any atom is 0.191 e. The first kappa shape index (κ1) is 23.1. The lowest BCUT2D eigenvalue weighted by molar-refractivity contribution is 0.159. The molecule has 1 aliphatic rings. The molecule has 26 heavy (non-hydrogen) atoms. The molecule has 2 rings (SSSR count). The molecule has 1 saturated heterocycles. The van der Waals surface area contributed by atoms with Crippen LogP contribution in [-0.4, -0.2) is 48.7 Å². The van der Waals surface area contributed by atoms with E-state index < -0.39 is 0 Å². The molecule has 0 aromatic heterocycles. The third-order valence-corrected chi connectivity index (χ3v) is 4.82. The molecule has 0 aliphatic carbocycles. The van der Waals surface area contributed by atoms with Crippen LogP contribution in [0.4, 0.5) is 4.39 Å². The smallest absolute Gasteiger partial charge is 0.191 e. The number of benzene rings is 1. The zero-order valence-electron chi connectivity index (χ0n) is 15.8. The van der Waals surface area contributed by atoms with Crippen molar-refractivity contribution in [3.8, 4) is 0 Å². The van der Waals surface area contributed by atoms with Gasteiger partial charge in [-0.05, 0) is 50.4 Å². The van der Waals surface area contributed by atoms with Crippen LogP contribution in [-0.2, 0) is 13.2 Å². The average molecular weight is 478 g/mol. The Balaban J connectivity index is 0.00000338. The fourth-order valence-corrected chi connectivity index (χ4v) is 3.24. The zero-order chi connectivity index (χ0) is 18.1. The standard InChI is InChI=1S/C19H31FN4O.HI/c1-15-6-3-4-10-24(15)11-5-9-22-19(21-2)23-13-16-7-8-18(20)17(12-16)14-25;/h7-8,12,15,25H,3-6,9-11,13-14H2,1-2H3,(H2,21,22,23);1H. The SMILES string of the molecule is CN=C(NCCCN1CCCCC1C)NCc1ccc(F)c(CO)c1.I. The fourth-order valence-electron chi connectivity index (χ4n) is 3.24. The van der Waals surface area contributed by atoms with Gasteiger partial charge in [0.15, 0.2) is 5.96 Å². The van der Waals surface area contributed by atoms with Gasteiger partial charge >= 0.3 is 0 Å². The topological polar surface area (TPSA) is 59.9 Å². The number of nitrogens with zero attached hydrogens (tertiary/aromatic N) is 2. The van der Waals surface area contributed by atoms with Crippen molar-refractivity contribution >= 4 is 29.9 Å². The van der Waals surface area contributed by atoms with E-state index in [9.17, 15) is 4.39 Å². The molecular weight excluding hydrogens is 446 g/mol. The quantitative estimate of drug-likeness (QED) is 0.244. The lowest BCUT2D eigenvalue weighted by Crippen LogP contribution is -2.41. The van der Waals surface area contributed by atoms with E-state index in [2.05, 4.69) is 27.4 Å². The van der Waals surface area contributed by atoms with Crippen LogP contribution in [0.15, 0.2) is 23.2 Å². The number of halogens is 2. The highest BCUT2D eigenvalue weighted by atomic mass is 127. The third-order valence-electron chi connectivity index (χ3n) is 4.82. The molecule has 1 aliphatic heterocycles. The van der Waals surface area contributed by atoms with Crippen molar-refractivity contribution in [2.24, 2.45) is 4.99 Å².